The summed E-state index contributed by atoms with van der Waals surface area (Å²) in [5.74, 6) is 5.40. The molecule has 8 aromatic carbocycles. The van der Waals surface area contributed by atoms with E-state index in [-0.39, 0.29) is 71.7 Å². The number of alkyl halides is 3. The van der Waals surface area contributed by atoms with Crippen molar-refractivity contribution in [2.75, 3.05) is 0 Å². The molecule has 26 heteroatoms. The number of aryl methyl sites for hydroxylation is 4. The average Bonchev–Trinajstić information content (AvgIpc) is 1.76. The quantitative estimate of drug-likeness (QED) is 0.0326. The van der Waals surface area contributed by atoms with Gasteiger partial charge in [-0.3, -0.25) is 19.2 Å². The number of carbonyl (C=O) groups excluding carboxylic acids is 4. The van der Waals surface area contributed by atoms with Crippen molar-refractivity contribution in [3.8, 4) is 91.5 Å². The number of Topliss-reactive ketones (excluding diaryl/α,β-unsaturated/α-hetero) is 4. The van der Waals surface area contributed by atoms with E-state index in [4.69, 9.17) is 48.6 Å². The molecule has 0 N–H and O–H groups in total. The van der Waals surface area contributed by atoms with Gasteiger partial charge in [-0.1, -0.05) is 147 Å². The van der Waals surface area contributed by atoms with Gasteiger partial charge in [0.2, 0.25) is 23.5 Å². The van der Waals surface area contributed by atoms with Gasteiger partial charge >= 0.3 is 6.18 Å². The predicted octanol–water partition coefficient (Wildman–Crippen LogP) is 23.3. The van der Waals surface area contributed by atoms with E-state index in [9.17, 15) is 41.1 Å². The van der Waals surface area contributed by atoms with Gasteiger partial charge in [-0.25, -0.2) is 28.7 Å². The molecule has 20 nitrogen and oxygen atoms in total. The minimum absolute atomic E-state index is 0.0202. The van der Waals surface area contributed by atoms with Crippen molar-refractivity contribution < 1.29 is 78.2 Å². The summed E-state index contributed by atoms with van der Waals surface area (Å²) >= 11 is 5.90. The van der Waals surface area contributed by atoms with Crippen LogP contribution in [0, 0.1) is 11.6 Å². The molecule has 16 aromatic rings. The minimum Gasteiger partial charge on any atom is -0.439 e. The summed E-state index contributed by atoms with van der Waals surface area (Å²) in [4.78, 5) is 66.5. The Hall–Kier alpha value is -15.0. The Bertz CT molecular complexity index is 5790. The van der Waals surface area contributed by atoms with Crippen LogP contribution >= 0.6 is 11.6 Å². The molecule has 0 aliphatic carbocycles. The fraction of sp³-hybridized carbons (Fsp3) is 0.0968. The van der Waals surface area contributed by atoms with Crippen molar-refractivity contribution in [3.05, 3.63) is 383 Å². The van der Waals surface area contributed by atoms with Gasteiger partial charge in [0.15, 0.2) is 23.1 Å². The second-order valence-electron chi connectivity index (χ2n) is 26.1. The largest absolute Gasteiger partial charge is 0.439 e. The lowest BCUT2D eigenvalue weighted by atomic mass is 10.0. The van der Waals surface area contributed by atoms with E-state index in [0.717, 1.165) is 17.2 Å². The summed E-state index contributed by atoms with van der Waals surface area (Å²) < 4.78 is 110. The maximum Gasteiger partial charge on any atom is 0.417 e. The molecule has 0 aliphatic rings. The van der Waals surface area contributed by atoms with Crippen LogP contribution in [0.4, 0.5) is 22.0 Å². The summed E-state index contributed by atoms with van der Waals surface area (Å²) in [6, 6.07) is 81.9. The first-order valence-corrected chi connectivity index (χ1v) is 37.5. The molecule has 0 amide bonds. The van der Waals surface area contributed by atoms with E-state index in [1.54, 1.807) is 115 Å². The SMILES string of the molecule is O=C(CCc1cc(-c2ccc(Cl)cc2)no1)c1ccc(Oc2ccccc2)nc1.O=C(CCc1cc(-c2ccc(F)cc2)no1)c1ccc(Oc2ccccc2)nc1.O=C(CCc1cc(-c2ccccc2C(F)(F)F)no1)c1ccc(Oc2ccccc2)nc1.O=C(CCc1cc(-c2ccccc2F)no1)c1ccc(Oc2ccccc2)nc1. The van der Waals surface area contributed by atoms with Crippen LogP contribution in [0.15, 0.2) is 334 Å². The summed E-state index contributed by atoms with van der Waals surface area (Å²) in [6.07, 6.45) is 3.76. The molecule has 16 rings (SSSR count). The number of pyridine rings is 4. The van der Waals surface area contributed by atoms with Crippen molar-refractivity contribution in [3.63, 3.8) is 0 Å². The lowest BCUT2D eigenvalue weighted by Gasteiger charge is -2.10. The molecule has 0 bridgehead atoms. The summed E-state index contributed by atoms with van der Waals surface area (Å²) in [6.45, 7) is 0. The van der Waals surface area contributed by atoms with Crippen LogP contribution in [0.25, 0.3) is 45.0 Å². The lowest BCUT2D eigenvalue weighted by molar-refractivity contribution is -0.137. The highest BCUT2D eigenvalue weighted by molar-refractivity contribution is 6.30. The highest BCUT2D eigenvalue weighted by Crippen LogP contribution is 2.37. The Morgan fingerprint density at radius 2 is 0.605 bits per heavy atom. The van der Waals surface area contributed by atoms with E-state index in [0.29, 0.717) is 145 Å². The number of ether oxygens (including phenoxy) is 4. The first kappa shape index (κ1) is 82.0. The first-order valence-electron chi connectivity index (χ1n) is 37.1. The van der Waals surface area contributed by atoms with E-state index in [1.807, 2.05) is 127 Å². The smallest absolute Gasteiger partial charge is 0.417 e. The summed E-state index contributed by atoms with van der Waals surface area (Å²) in [5.41, 5.74) is 4.90. The number of hydrogen-bond donors (Lipinski definition) is 0. The lowest BCUT2D eigenvalue weighted by Crippen LogP contribution is -2.06. The Balaban J connectivity index is 0.000000137. The maximum atomic E-state index is 13.8. The second-order valence-corrected chi connectivity index (χ2v) is 26.6. The normalized spacial score (nSPS) is 10.8. The van der Waals surface area contributed by atoms with Gasteiger partial charge in [0.1, 0.15) is 80.4 Å². The Morgan fingerprint density at radius 1 is 0.319 bits per heavy atom. The highest BCUT2D eigenvalue weighted by atomic mass is 35.5. The molecule has 0 spiro atoms. The van der Waals surface area contributed by atoms with E-state index in [1.165, 1.54) is 67.3 Å². The van der Waals surface area contributed by atoms with Crippen LogP contribution in [0.5, 0.6) is 46.5 Å². The van der Waals surface area contributed by atoms with Crippen LogP contribution < -0.4 is 18.9 Å². The second kappa shape index (κ2) is 40.3. The fourth-order valence-corrected chi connectivity index (χ4v) is 11.6. The number of carbonyl (C=O) groups is 4. The zero-order valence-corrected chi connectivity index (χ0v) is 63.7. The van der Waals surface area contributed by atoms with Crippen LogP contribution in [0.2, 0.25) is 5.02 Å². The summed E-state index contributed by atoms with van der Waals surface area (Å²) in [7, 11) is 0. The highest BCUT2D eigenvalue weighted by Gasteiger charge is 2.34. The molecule has 0 radical (unpaired) electrons. The number of hydrogen-bond acceptors (Lipinski definition) is 20. The number of benzene rings is 8. The van der Waals surface area contributed by atoms with Gasteiger partial charge < -0.3 is 37.0 Å². The molecule has 0 aliphatic heterocycles. The average molecular weight is 1620 g/mol. The molecule has 0 unspecified atom stereocenters. The molecular weight excluding hydrogens is 1550 g/mol. The van der Waals surface area contributed by atoms with Crippen LogP contribution in [-0.2, 0) is 31.9 Å². The molecule has 119 heavy (non-hydrogen) atoms. The number of ketones is 4. The van der Waals surface area contributed by atoms with Crippen molar-refractivity contribution in [1.29, 1.82) is 0 Å². The number of rotatable bonds is 28. The summed E-state index contributed by atoms with van der Waals surface area (Å²) in [5, 5.41) is 16.3. The van der Waals surface area contributed by atoms with Crippen molar-refractivity contribution in [2.24, 2.45) is 0 Å². The number of nitrogens with zero attached hydrogens (tertiary/aromatic N) is 8. The van der Waals surface area contributed by atoms with Gasteiger partial charge in [0, 0.05) is 174 Å². The number of aromatic nitrogens is 8. The van der Waals surface area contributed by atoms with Gasteiger partial charge in [-0.15, -0.1) is 0 Å². The van der Waals surface area contributed by atoms with E-state index >= 15 is 0 Å². The molecule has 8 heterocycles. The standard InChI is InChI=1S/C24H17F3N2O3.C23H17ClN2O3.2C23H17FN2O3/c25-24(26,27)20-9-5-4-8-19(20)21-14-18(32-29-21)11-12-22(30)16-10-13-23(28-15-16)31-17-6-2-1-3-7-17;24-18-9-6-16(7-10-18)21-14-20(29-26-21)11-12-22(27)17-8-13-23(25-15-17)28-19-4-2-1-3-5-19;24-20-9-5-4-8-19(20)21-14-18(29-26-21)11-12-22(27)16-10-13-23(25-15-16)28-17-6-2-1-3-7-17;24-18-9-6-16(7-10-18)21-14-20(29-26-21)11-12-22(27)17-8-13-23(25-15-17)28-19-4-2-1-3-5-19/h1-10,13-15H,11-12H2;3*1-10,13-15H,11-12H2. The Labute approximate surface area is 682 Å². The van der Waals surface area contributed by atoms with Crippen LogP contribution in [0.1, 0.15) is 95.7 Å². The van der Waals surface area contributed by atoms with Crippen molar-refractivity contribution in [1.82, 2.24) is 40.6 Å². The molecular formula is C93H68ClF5N8O12. The number of para-hydroxylation sites is 4. The van der Waals surface area contributed by atoms with Crippen LogP contribution in [0.3, 0.4) is 0 Å². The molecule has 8 aromatic heterocycles. The zero-order chi connectivity index (χ0) is 82.7. The topological polar surface area (TPSA) is 261 Å². The van der Waals surface area contributed by atoms with Crippen LogP contribution in [-0.4, -0.2) is 63.7 Å². The fourth-order valence-electron chi connectivity index (χ4n) is 11.5. The zero-order valence-electron chi connectivity index (χ0n) is 62.9. The molecule has 0 fully saturated rings. The van der Waals surface area contributed by atoms with Gasteiger partial charge in [-0.05, 0) is 127 Å². The van der Waals surface area contributed by atoms with Gasteiger partial charge in [0.25, 0.3) is 0 Å². The monoisotopic (exact) mass is 1620 g/mol. The van der Waals surface area contributed by atoms with Gasteiger partial charge in [-0.2, -0.15) is 13.2 Å². The molecule has 594 valence electrons. The first-order chi connectivity index (χ1) is 57.9. The van der Waals surface area contributed by atoms with E-state index in [2.05, 4.69) is 40.6 Å². The Morgan fingerprint density at radius 3 is 0.924 bits per heavy atom. The predicted molar refractivity (Wildman–Crippen MR) is 431 cm³/mol. The maximum absolute atomic E-state index is 13.8. The van der Waals surface area contributed by atoms with Crippen molar-refractivity contribution in [2.45, 2.75) is 57.5 Å². The van der Waals surface area contributed by atoms with Gasteiger partial charge in [0.05, 0.1) is 5.56 Å². The minimum atomic E-state index is -4.50. The van der Waals surface area contributed by atoms with E-state index < -0.39 is 11.7 Å². The third-order valence-corrected chi connectivity index (χ3v) is 17.9. The molecule has 0 saturated heterocycles. The molecule has 0 saturated carbocycles. The van der Waals surface area contributed by atoms with Crippen molar-refractivity contribution >= 4 is 34.7 Å². The third kappa shape index (κ3) is 24.1. The molecule has 0 atom stereocenters. The number of halogens is 6. The third-order valence-electron chi connectivity index (χ3n) is 17.7. The Kier molecular flexibility index (Phi) is 27.8.